The van der Waals surface area contributed by atoms with E-state index >= 15 is 0 Å². The van der Waals surface area contributed by atoms with Crippen LogP contribution in [0.4, 0.5) is 5.69 Å². The van der Waals surface area contributed by atoms with Gasteiger partial charge in [0.25, 0.3) is 5.91 Å². The Bertz CT molecular complexity index is 1020. The number of nitrogens with zero attached hydrogens (tertiary/aromatic N) is 3. The summed E-state index contributed by atoms with van der Waals surface area (Å²) in [6.07, 6.45) is 2.48. The van der Waals surface area contributed by atoms with Crippen LogP contribution >= 0.6 is 23.2 Å². The van der Waals surface area contributed by atoms with Crippen LogP contribution in [0.5, 0.6) is 5.75 Å². The highest BCUT2D eigenvalue weighted by Gasteiger charge is 2.10. The second-order valence-electron chi connectivity index (χ2n) is 6.03. The van der Waals surface area contributed by atoms with Crippen LogP contribution in [0.1, 0.15) is 15.9 Å². The van der Waals surface area contributed by atoms with E-state index in [0.29, 0.717) is 34.5 Å². The zero-order chi connectivity index (χ0) is 20.8. The van der Waals surface area contributed by atoms with Gasteiger partial charge < -0.3 is 10.1 Å². The zero-order valence-electron chi connectivity index (χ0n) is 15.0. The van der Waals surface area contributed by atoms with Gasteiger partial charge in [0.15, 0.2) is 0 Å². The Kier molecular flexibility index (Phi) is 6.69. The molecule has 8 nitrogen and oxygen atoms in total. The number of hydrogen-bond donors (Lipinski definition) is 1. The fourth-order valence-corrected chi connectivity index (χ4v) is 2.92. The number of aromatic nitrogens is 2. The Hall–Kier alpha value is -3.10. The van der Waals surface area contributed by atoms with Crippen molar-refractivity contribution in [1.29, 1.82) is 0 Å². The maximum atomic E-state index is 12.2. The SMILES string of the molecule is O=C(NCCn1cc([N+](=O)[O-])cn1)c1ccc(COc2ccc(Cl)cc2Cl)cc1. The summed E-state index contributed by atoms with van der Waals surface area (Å²) in [5.41, 5.74) is 1.27. The van der Waals surface area contributed by atoms with Crippen molar-refractivity contribution in [3.8, 4) is 5.75 Å². The van der Waals surface area contributed by atoms with Gasteiger partial charge in [-0.2, -0.15) is 5.10 Å². The number of benzene rings is 2. The molecule has 0 saturated carbocycles. The number of carbonyl (C=O) groups excluding carboxylic acids is 1. The number of nitrogens with one attached hydrogen (secondary N) is 1. The van der Waals surface area contributed by atoms with E-state index in [2.05, 4.69) is 10.4 Å². The quantitative estimate of drug-likeness (QED) is 0.424. The van der Waals surface area contributed by atoms with Gasteiger partial charge in [0.1, 0.15) is 24.8 Å². The molecular formula is C19H16Cl2N4O4. The van der Waals surface area contributed by atoms with Crippen LogP contribution in [0.25, 0.3) is 0 Å². The molecule has 1 amide bonds. The van der Waals surface area contributed by atoms with Gasteiger partial charge in [0, 0.05) is 17.1 Å². The van der Waals surface area contributed by atoms with E-state index in [1.807, 2.05) is 0 Å². The number of rotatable bonds is 8. The lowest BCUT2D eigenvalue weighted by atomic mass is 10.1. The number of halogens is 2. The van der Waals surface area contributed by atoms with E-state index in [9.17, 15) is 14.9 Å². The van der Waals surface area contributed by atoms with Gasteiger partial charge in [0.2, 0.25) is 0 Å². The summed E-state index contributed by atoms with van der Waals surface area (Å²) in [5.74, 6) is 0.275. The lowest BCUT2D eigenvalue weighted by molar-refractivity contribution is -0.385. The lowest BCUT2D eigenvalue weighted by Crippen LogP contribution is -2.27. The van der Waals surface area contributed by atoms with Gasteiger partial charge in [-0.25, -0.2) is 0 Å². The van der Waals surface area contributed by atoms with Crippen molar-refractivity contribution < 1.29 is 14.5 Å². The number of carbonyl (C=O) groups is 1. The van der Waals surface area contributed by atoms with Gasteiger partial charge >= 0.3 is 5.69 Å². The number of amides is 1. The van der Waals surface area contributed by atoms with Gasteiger partial charge in [0.05, 0.1) is 16.5 Å². The van der Waals surface area contributed by atoms with Crippen molar-refractivity contribution in [3.05, 3.63) is 86.1 Å². The molecule has 3 aromatic rings. The smallest absolute Gasteiger partial charge is 0.306 e. The molecule has 1 aromatic heterocycles. The first kappa shape index (κ1) is 20.6. The summed E-state index contributed by atoms with van der Waals surface area (Å²) in [7, 11) is 0. The Balaban J connectivity index is 1.48. The minimum Gasteiger partial charge on any atom is -0.487 e. The van der Waals surface area contributed by atoms with Crippen LogP contribution in [0.15, 0.2) is 54.9 Å². The largest absolute Gasteiger partial charge is 0.487 e. The molecule has 0 spiro atoms. The highest BCUT2D eigenvalue weighted by atomic mass is 35.5. The summed E-state index contributed by atoms with van der Waals surface area (Å²) in [6, 6.07) is 11.9. The molecule has 1 heterocycles. The molecule has 0 unspecified atom stereocenters. The summed E-state index contributed by atoms with van der Waals surface area (Å²) < 4.78 is 7.07. The molecular weight excluding hydrogens is 419 g/mol. The fraction of sp³-hybridized carbons (Fsp3) is 0.158. The van der Waals surface area contributed by atoms with Crippen molar-refractivity contribution in [3.63, 3.8) is 0 Å². The molecule has 0 aliphatic rings. The molecule has 3 rings (SSSR count). The van der Waals surface area contributed by atoms with E-state index in [0.717, 1.165) is 5.56 Å². The van der Waals surface area contributed by atoms with Crippen LogP contribution in [-0.4, -0.2) is 27.2 Å². The zero-order valence-corrected chi connectivity index (χ0v) is 16.6. The monoisotopic (exact) mass is 434 g/mol. The third-order valence-electron chi connectivity index (χ3n) is 3.96. The normalized spacial score (nSPS) is 10.6. The van der Waals surface area contributed by atoms with Crippen LogP contribution in [-0.2, 0) is 13.2 Å². The van der Waals surface area contributed by atoms with Crippen LogP contribution < -0.4 is 10.1 Å². The Labute approximate surface area is 176 Å². The minimum atomic E-state index is -0.520. The molecule has 2 aromatic carbocycles. The fourth-order valence-electron chi connectivity index (χ4n) is 2.46. The number of nitro groups is 1. The Morgan fingerprint density at radius 3 is 2.62 bits per heavy atom. The third-order valence-corrected chi connectivity index (χ3v) is 4.49. The van der Waals surface area contributed by atoms with Crippen molar-refractivity contribution in [1.82, 2.24) is 15.1 Å². The van der Waals surface area contributed by atoms with E-state index in [-0.39, 0.29) is 18.1 Å². The number of ether oxygens (including phenoxy) is 1. The third kappa shape index (κ3) is 5.69. The van der Waals surface area contributed by atoms with Crippen LogP contribution in [0.2, 0.25) is 10.0 Å². The summed E-state index contributed by atoms with van der Waals surface area (Å²) >= 11 is 11.9. The van der Waals surface area contributed by atoms with Crippen molar-refractivity contribution in [2.24, 2.45) is 0 Å². The Morgan fingerprint density at radius 1 is 1.21 bits per heavy atom. The maximum Gasteiger partial charge on any atom is 0.306 e. The predicted octanol–water partition coefficient (Wildman–Crippen LogP) is 4.11. The Morgan fingerprint density at radius 2 is 1.97 bits per heavy atom. The van der Waals surface area contributed by atoms with Gasteiger partial charge in [-0.05, 0) is 35.9 Å². The predicted molar refractivity (Wildman–Crippen MR) is 108 cm³/mol. The minimum absolute atomic E-state index is 0.0889. The molecule has 0 saturated heterocycles. The van der Waals surface area contributed by atoms with E-state index in [1.165, 1.54) is 17.1 Å². The van der Waals surface area contributed by atoms with E-state index in [4.69, 9.17) is 27.9 Å². The van der Waals surface area contributed by atoms with Crippen molar-refractivity contribution in [2.75, 3.05) is 6.54 Å². The molecule has 0 aliphatic carbocycles. The molecule has 0 aliphatic heterocycles. The molecule has 29 heavy (non-hydrogen) atoms. The average molecular weight is 435 g/mol. The van der Waals surface area contributed by atoms with Crippen molar-refractivity contribution in [2.45, 2.75) is 13.2 Å². The first-order valence-corrected chi connectivity index (χ1v) is 9.30. The molecule has 0 fully saturated rings. The summed E-state index contributed by atoms with van der Waals surface area (Å²) in [4.78, 5) is 22.3. The van der Waals surface area contributed by atoms with Gasteiger partial charge in [-0.15, -0.1) is 0 Å². The van der Waals surface area contributed by atoms with E-state index < -0.39 is 4.92 Å². The molecule has 1 N–H and O–H groups in total. The van der Waals surface area contributed by atoms with E-state index in [1.54, 1.807) is 42.5 Å². The molecule has 150 valence electrons. The number of hydrogen-bond acceptors (Lipinski definition) is 5. The molecule has 0 radical (unpaired) electrons. The van der Waals surface area contributed by atoms with Gasteiger partial charge in [-0.3, -0.25) is 19.6 Å². The topological polar surface area (TPSA) is 99.3 Å². The van der Waals surface area contributed by atoms with Crippen LogP contribution in [0.3, 0.4) is 0 Å². The second-order valence-corrected chi connectivity index (χ2v) is 6.88. The first-order chi connectivity index (χ1) is 13.9. The molecule has 0 bridgehead atoms. The van der Waals surface area contributed by atoms with Gasteiger partial charge in [-0.1, -0.05) is 35.3 Å². The highest BCUT2D eigenvalue weighted by molar-refractivity contribution is 6.35. The highest BCUT2D eigenvalue weighted by Crippen LogP contribution is 2.28. The second kappa shape index (κ2) is 9.40. The first-order valence-electron chi connectivity index (χ1n) is 8.54. The van der Waals surface area contributed by atoms with Crippen LogP contribution in [0, 0.1) is 10.1 Å². The summed E-state index contributed by atoms with van der Waals surface area (Å²) in [6.45, 7) is 0.909. The standard InChI is InChI=1S/C19H16Cl2N4O4/c20-15-5-6-18(17(21)9-15)29-12-13-1-3-14(4-2-13)19(26)22-7-8-24-11-16(10-23-24)25(27)28/h1-6,9-11H,7-8,12H2,(H,22,26). The molecule has 10 heteroatoms. The molecule has 0 atom stereocenters. The summed E-state index contributed by atoms with van der Waals surface area (Å²) in [5, 5.41) is 18.2. The maximum absolute atomic E-state index is 12.2. The lowest BCUT2D eigenvalue weighted by Gasteiger charge is -2.09. The van der Waals surface area contributed by atoms with Crippen molar-refractivity contribution >= 4 is 34.8 Å². The average Bonchev–Trinajstić information content (AvgIpc) is 3.17.